The largest absolute Gasteiger partial charge is 0.494 e. The number of hydrogen-bond acceptors (Lipinski definition) is 4. The standard InChI is InChI=1S/C21H28N2O4S/c1-6-27-19-11-9-18(10-12-19)14-22-21(24)17(4)23(28(5,25)26)20-13-15(2)7-8-16(20)3/h7-13,17H,6,14H2,1-5H3,(H,22,24)/t17-/m1/s1. The number of carbonyl (C=O) groups excluding carboxylic acids is 1. The summed E-state index contributed by atoms with van der Waals surface area (Å²) >= 11 is 0. The van der Waals surface area contributed by atoms with E-state index < -0.39 is 16.1 Å². The highest BCUT2D eigenvalue weighted by atomic mass is 32.2. The van der Waals surface area contributed by atoms with E-state index in [1.807, 2.05) is 57.2 Å². The van der Waals surface area contributed by atoms with Crippen LogP contribution in [-0.2, 0) is 21.4 Å². The van der Waals surface area contributed by atoms with Gasteiger partial charge in [0.05, 0.1) is 18.6 Å². The lowest BCUT2D eigenvalue weighted by Crippen LogP contribution is -2.48. The van der Waals surface area contributed by atoms with Crippen molar-refractivity contribution in [1.29, 1.82) is 0 Å². The molecule has 28 heavy (non-hydrogen) atoms. The van der Waals surface area contributed by atoms with Gasteiger partial charge in [-0.3, -0.25) is 9.10 Å². The molecule has 2 rings (SSSR count). The Morgan fingerprint density at radius 1 is 1.14 bits per heavy atom. The molecule has 0 radical (unpaired) electrons. The zero-order valence-electron chi connectivity index (χ0n) is 17.0. The maximum atomic E-state index is 12.7. The Bertz CT molecular complexity index is 924. The molecule has 0 aromatic heterocycles. The van der Waals surface area contributed by atoms with Crippen LogP contribution < -0.4 is 14.4 Å². The maximum Gasteiger partial charge on any atom is 0.243 e. The van der Waals surface area contributed by atoms with Gasteiger partial charge in [0.1, 0.15) is 11.8 Å². The summed E-state index contributed by atoms with van der Waals surface area (Å²) in [5.41, 5.74) is 3.14. The van der Waals surface area contributed by atoms with Crippen molar-refractivity contribution < 1.29 is 17.9 Å². The summed E-state index contributed by atoms with van der Waals surface area (Å²) in [4.78, 5) is 12.7. The highest BCUT2D eigenvalue weighted by Gasteiger charge is 2.30. The van der Waals surface area contributed by atoms with Crippen LogP contribution in [0.2, 0.25) is 0 Å². The molecule has 0 unspecified atom stereocenters. The van der Waals surface area contributed by atoms with Crippen LogP contribution in [0.1, 0.15) is 30.5 Å². The van der Waals surface area contributed by atoms with Gasteiger partial charge in [-0.05, 0) is 62.6 Å². The molecule has 2 aromatic carbocycles. The second-order valence-corrected chi connectivity index (χ2v) is 8.68. The molecule has 0 aliphatic carbocycles. The molecule has 6 nitrogen and oxygen atoms in total. The third-order valence-electron chi connectivity index (χ3n) is 4.39. The number of anilines is 1. The van der Waals surface area contributed by atoms with Gasteiger partial charge in [0.25, 0.3) is 0 Å². The number of amides is 1. The van der Waals surface area contributed by atoms with Crippen molar-refractivity contribution in [1.82, 2.24) is 5.32 Å². The third kappa shape index (κ3) is 5.48. The summed E-state index contributed by atoms with van der Waals surface area (Å²) in [6, 6.07) is 12.1. The van der Waals surface area contributed by atoms with E-state index in [-0.39, 0.29) is 5.91 Å². The minimum absolute atomic E-state index is 0.306. The number of sulfonamides is 1. The number of hydrogen-bond donors (Lipinski definition) is 1. The second-order valence-electron chi connectivity index (χ2n) is 6.82. The van der Waals surface area contributed by atoms with Crippen molar-refractivity contribution >= 4 is 21.6 Å². The number of benzene rings is 2. The van der Waals surface area contributed by atoms with Crippen LogP contribution in [0.5, 0.6) is 5.75 Å². The predicted molar refractivity (Wildman–Crippen MR) is 112 cm³/mol. The summed E-state index contributed by atoms with van der Waals surface area (Å²) in [6.07, 6.45) is 1.12. The number of nitrogens with zero attached hydrogens (tertiary/aromatic N) is 1. The fourth-order valence-electron chi connectivity index (χ4n) is 2.94. The van der Waals surface area contributed by atoms with E-state index in [4.69, 9.17) is 4.74 Å². The van der Waals surface area contributed by atoms with Crippen molar-refractivity contribution in [3.8, 4) is 5.75 Å². The van der Waals surface area contributed by atoms with Crippen molar-refractivity contribution in [2.45, 2.75) is 40.3 Å². The van der Waals surface area contributed by atoms with Crippen molar-refractivity contribution in [3.63, 3.8) is 0 Å². The predicted octanol–water partition coefficient (Wildman–Crippen LogP) is 3.17. The Labute approximate surface area is 167 Å². The Hall–Kier alpha value is -2.54. The first kappa shape index (κ1) is 21.8. The molecule has 1 N–H and O–H groups in total. The molecular weight excluding hydrogens is 376 g/mol. The Morgan fingerprint density at radius 3 is 2.36 bits per heavy atom. The number of carbonyl (C=O) groups is 1. The highest BCUT2D eigenvalue weighted by Crippen LogP contribution is 2.26. The Balaban J connectivity index is 2.16. The molecule has 152 valence electrons. The molecule has 0 fully saturated rings. The quantitative estimate of drug-likeness (QED) is 0.733. The smallest absolute Gasteiger partial charge is 0.243 e. The summed E-state index contributed by atoms with van der Waals surface area (Å²) in [5.74, 6) is 0.407. The number of nitrogens with one attached hydrogen (secondary N) is 1. The monoisotopic (exact) mass is 404 g/mol. The SMILES string of the molecule is CCOc1ccc(CNC(=O)[C@@H](C)N(c2cc(C)ccc2C)S(C)(=O)=O)cc1. The van der Waals surface area contributed by atoms with Crippen molar-refractivity contribution in [2.75, 3.05) is 17.2 Å². The minimum atomic E-state index is -3.64. The fraction of sp³-hybridized carbons (Fsp3) is 0.381. The normalized spacial score (nSPS) is 12.3. The first-order chi connectivity index (χ1) is 13.1. The van der Waals surface area contributed by atoms with Gasteiger partial charge in [-0.2, -0.15) is 0 Å². The first-order valence-electron chi connectivity index (χ1n) is 9.19. The van der Waals surface area contributed by atoms with Crippen LogP contribution in [0.3, 0.4) is 0 Å². The average Bonchev–Trinajstić information content (AvgIpc) is 2.63. The van der Waals surface area contributed by atoms with Crippen LogP contribution in [0.25, 0.3) is 0 Å². The van der Waals surface area contributed by atoms with E-state index in [9.17, 15) is 13.2 Å². The molecule has 7 heteroatoms. The molecule has 0 spiro atoms. The minimum Gasteiger partial charge on any atom is -0.494 e. The van der Waals surface area contributed by atoms with Crippen LogP contribution in [0, 0.1) is 13.8 Å². The van der Waals surface area contributed by atoms with E-state index in [0.717, 1.165) is 28.7 Å². The van der Waals surface area contributed by atoms with Gasteiger partial charge in [0.15, 0.2) is 0 Å². The zero-order chi connectivity index (χ0) is 20.9. The van der Waals surface area contributed by atoms with Crippen LogP contribution in [-0.4, -0.2) is 33.2 Å². The van der Waals surface area contributed by atoms with Crippen LogP contribution in [0.4, 0.5) is 5.69 Å². The number of rotatable bonds is 8. The summed E-state index contributed by atoms with van der Waals surface area (Å²) in [5, 5.41) is 2.82. The highest BCUT2D eigenvalue weighted by molar-refractivity contribution is 7.92. The molecule has 0 bridgehead atoms. The lowest BCUT2D eigenvalue weighted by molar-refractivity contribution is -0.122. The Morgan fingerprint density at radius 2 is 1.79 bits per heavy atom. The van der Waals surface area contributed by atoms with E-state index in [2.05, 4.69) is 5.32 Å². The molecule has 2 aromatic rings. The first-order valence-corrected chi connectivity index (χ1v) is 11.0. The van der Waals surface area contributed by atoms with E-state index >= 15 is 0 Å². The molecule has 0 saturated carbocycles. The molecule has 0 heterocycles. The number of ether oxygens (including phenoxy) is 1. The van der Waals surface area contributed by atoms with Crippen LogP contribution in [0.15, 0.2) is 42.5 Å². The van der Waals surface area contributed by atoms with Gasteiger partial charge in [0.2, 0.25) is 15.9 Å². The fourth-order valence-corrected chi connectivity index (χ4v) is 4.17. The zero-order valence-corrected chi connectivity index (χ0v) is 17.8. The van der Waals surface area contributed by atoms with E-state index in [1.54, 1.807) is 13.0 Å². The second kappa shape index (κ2) is 9.10. The summed E-state index contributed by atoms with van der Waals surface area (Å²) in [7, 11) is -3.64. The van der Waals surface area contributed by atoms with Gasteiger partial charge in [-0.1, -0.05) is 24.3 Å². The van der Waals surface area contributed by atoms with Gasteiger partial charge >= 0.3 is 0 Å². The van der Waals surface area contributed by atoms with Gasteiger partial charge in [-0.15, -0.1) is 0 Å². The topological polar surface area (TPSA) is 75.7 Å². The molecule has 1 atom stereocenters. The molecule has 0 aliphatic rings. The third-order valence-corrected chi connectivity index (χ3v) is 5.62. The molecule has 0 aliphatic heterocycles. The maximum absolute atomic E-state index is 12.7. The summed E-state index contributed by atoms with van der Waals surface area (Å²) < 4.78 is 31.5. The molecule has 0 saturated heterocycles. The van der Waals surface area contributed by atoms with Gasteiger partial charge < -0.3 is 10.1 Å². The average molecular weight is 405 g/mol. The van der Waals surface area contributed by atoms with Crippen molar-refractivity contribution in [3.05, 3.63) is 59.2 Å². The summed E-state index contributed by atoms with van der Waals surface area (Å²) in [6.45, 7) is 8.13. The molecular formula is C21H28N2O4S. The van der Waals surface area contributed by atoms with Gasteiger partial charge in [0, 0.05) is 6.54 Å². The lowest BCUT2D eigenvalue weighted by Gasteiger charge is -2.29. The number of aryl methyl sites for hydroxylation is 2. The Kier molecular flexibility index (Phi) is 7.07. The van der Waals surface area contributed by atoms with E-state index in [1.165, 1.54) is 4.31 Å². The van der Waals surface area contributed by atoms with Crippen molar-refractivity contribution in [2.24, 2.45) is 0 Å². The van der Waals surface area contributed by atoms with E-state index in [0.29, 0.717) is 18.8 Å². The lowest BCUT2D eigenvalue weighted by atomic mass is 10.1. The molecule has 1 amide bonds. The van der Waals surface area contributed by atoms with Crippen LogP contribution >= 0.6 is 0 Å². The van der Waals surface area contributed by atoms with Gasteiger partial charge in [-0.25, -0.2) is 8.42 Å².